The van der Waals surface area contributed by atoms with Gasteiger partial charge in [0.05, 0.1) is 21.8 Å². The number of hydrogen-bond acceptors (Lipinski definition) is 6. The summed E-state index contributed by atoms with van der Waals surface area (Å²) in [4.78, 5) is 30.2. The molecule has 0 aliphatic carbocycles. The second-order valence-electron chi connectivity index (χ2n) is 6.58. The minimum absolute atomic E-state index is 0.0647. The number of amides is 2. The molecule has 0 saturated heterocycles. The highest BCUT2D eigenvalue weighted by atomic mass is 32.1. The Bertz CT molecular complexity index is 1190. The second-order valence-corrected chi connectivity index (χ2v) is 7.53. The first-order valence-corrected chi connectivity index (χ1v) is 10.4. The molecule has 2 N–H and O–H groups in total. The van der Waals surface area contributed by atoms with Crippen LogP contribution in [-0.4, -0.2) is 16.8 Å². The topological polar surface area (TPSA) is 93.5 Å². The van der Waals surface area contributed by atoms with Crippen molar-refractivity contribution in [1.82, 2.24) is 15.8 Å². The third-order valence-electron chi connectivity index (χ3n) is 4.40. The van der Waals surface area contributed by atoms with Gasteiger partial charge in [-0.05, 0) is 54.8 Å². The van der Waals surface area contributed by atoms with Gasteiger partial charge in [0, 0.05) is 0 Å². The van der Waals surface area contributed by atoms with E-state index in [0.29, 0.717) is 22.8 Å². The van der Waals surface area contributed by atoms with E-state index in [1.807, 2.05) is 47.8 Å². The lowest BCUT2D eigenvalue weighted by Gasteiger charge is -2.09. The number of aryl methyl sites for hydroxylation is 1. The maximum absolute atomic E-state index is 12.4. The van der Waals surface area contributed by atoms with Crippen LogP contribution in [0.25, 0.3) is 10.6 Å². The molecule has 31 heavy (non-hydrogen) atoms. The Morgan fingerprint density at radius 1 is 0.968 bits per heavy atom. The Morgan fingerprint density at radius 3 is 2.52 bits per heavy atom. The zero-order chi connectivity index (χ0) is 21.6. The number of carbonyl (C=O) groups is 2. The summed E-state index contributed by atoms with van der Waals surface area (Å²) >= 11 is 1.58. The van der Waals surface area contributed by atoms with Crippen LogP contribution in [0, 0.1) is 6.92 Å². The summed E-state index contributed by atoms with van der Waals surface area (Å²) in [6.07, 6.45) is 0. The lowest BCUT2D eigenvalue weighted by molar-refractivity contribution is 0.0828. The van der Waals surface area contributed by atoms with Crippen molar-refractivity contribution in [2.24, 2.45) is 0 Å². The number of thiophene rings is 1. The molecule has 156 valence electrons. The number of furan rings is 1. The predicted octanol–water partition coefficient (Wildman–Crippen LogP) is 4.37. The molecule has 0 aliphatic heterocycles. The van der Waals surface area contributed by atoms with Gasteiger partial charge in [-0.25, -0.2) is 0 Å². The van der Waals surface area contributed by atoms with Gasteiger partial charge < -0.3 is 9.15 Å². The quantitative estimate of drug-likeness (QED) is 0.441. The summed E-state index contributed by atoms with van der Waals surface area (Å²) in [6.45, 7) is 1.94. The van der Waals surface area contributed by atoms with Crippen LogP contribution in [0.15, 0.2) is 76.5 Å². The molecule has 4 rings (SSSR count). The summed E-state index contributed by atoms with van der Waals surface area (Å²) in [5, 5.41) is 1.97. The molecule has 0 atom stereocenters. The molecule has 7 nitrogen and oxygen atoms in total. The van der Waals surface area contributed by atoms with E-state index in [9.17, 15) is 9.59 Å². The highest BCUT2D eigenvalue weighted by Gasteiger charge is 2.15. The molecule has 3 aromatic heterocycles. The van der Waals surface area contributed by atoms with E-state index >= 15 is 0 Å². The van der Waals surface area contributed by atoms with E-state index in [0.717, 1.165) is 10.6 Å². The van der Waals surface area contributed by atoms with Crippen molar-refractivity contribution in [3.63, 3.8) is 0 Å². The van der Waals surface area contributed by atoms with Gasteiger partial charge in [0.1, 0.15) is 18.1 Å². The fraction of sp³-hybridized carbons (Fsp3) is 0.0870. The van der Waals surface area contributed by atoms with Crippen molar-refractivity contribution in [1.29, 1.82) is 0 Å². The van der Waals surface area contributed by atoms with E-state index in [-0.39, 0.29) is 12.4 Å². The number of ether oxygens (including phenoxy) is 1. The van der Waals surface area contributed by atoms with Crippen molar-refractivity contribution in [2.45, 2.75) is 13.5 Å². The number of carbonyl (C=O) groups excluding carboxylic acids is 2. The number of pyridine rings is 1. The molecule has 0 saturated carbocycles. The minimum Gasteiger partial charge on any atom is -0.486 e. The van der Waals surface area contributed by atoms with Crippen LogP contribution in [0.2, 0.25) is 0 Å². The molecule has 0 radical (unpaired) electrons. The summed E-state index contributed by atoms with van der Waals surface area (Å²) in [5.74, 6) is 0.223. The molecule has 4 aromatic rings. The Kier molecular flexibility index (Phi) is 6.09. The normalized spacial score (nSPS) is 10.5. The summed E-state index contributed by atoms with van der Waals surface area (Å²) < 4.78 is 11.1. The van der Waals surface area contributed by atoms with E-state index < -0.39 is 11.8 Å². The van der Waals surface area contributed by atoms with Crippen LogP contribution >= 0.6 is 11.3 Å². The first kappa shape index (κ1) is 20.4. The smallest absolute Gasteiger partial charge is 0.305 e. The SMILES string of the molecule is Cc1nc(-c2cccs2)ccc1C(=O)NNC(=O)c1ccc(COc2ccccc2)o1. The van der Waals surface area contributed by atoms with Crippen LogP contribution in [0.4, 0.5) is 0 Å². The van der Waals surface area contributed by atoms with Gasteiger partial charge in [-0.2, -0.15) is 0 Å². The van der Waals surface area contributed by atoms with E-state index in [2.05, 4.69) is 15.8 Å². The summed E-state index contributed by atoms with van der Waals surface area (Å²) in [6, 6.07) is 19.8. The van der Waals surface area contributed by atoms with Crippen LogP contribution in [0.1, 0.15) is 32.4 Å². The number of aromatic nitrogens is 1. The third kappa shape index (κ3) is 4.99. The van der Waals surface area contributed by atoms with Crippen LogP contribution in [0.3, 0.4) is 0 Å². The molecular weight excluding hydrogens is 414 g/mol. The van der Waals surface area contributed by atoms with Crippen LogP contribution in [0.5, 0.6) is 5.75 Å². The molecule has 0 fully saturated rings. The van der Waals surface area contributed by atoms with Crippen molar-refractivity contribution in [3.8, 4) is 16.3 Å². The molecule has 1 aromatic carbocycles. The summed E-state index contributed by atoms with van der Waals surface area (Å²) in [5.41, 5.74) is 6.49. The first-order chi connectivity index (χ1) is 15.1. The van der Waals surface area contributed by atoms with Crippen molar-refractivity contribution in [3.05, 3.63) is 94.9 Å². The molecule has 0 spiro atoms. The van der Waals surface area contributed by atoms with Gasteiger partial charge in [0.25, 0.3) is 5.91 Å². The fourth-order valence-electron chi connectivity index (χ4n) is 2.85. The number of hydrazine groups is 1. The van der Waals surface area contributed by atoms with E-state index in [1.165, 1.54) is 6.07 Å². The first-order valence-electron chi connectivity index (χ1n) is 9.49. The van der Waals surface area contributed by atoms with Crippen molar-refractivity contribution < 1.29 is 18.7 Å². The van der Waals surface area contributed by atoms with E-state index in [1.54, 1.807) is 36.5 Å². The number of hydrogen-bond donors (Lipinski definition) is 2. The number of nitrogens with zero attached hydrogens (tertiary/aromatic N) is 1. The minimum atomic E-state index is -0.569. The highest BCUT2D eigenvalue weighted by molar-refractivity contribution is 7.13. The van der Waals surface area contributed by atoms with Gasteiger partial charge >= 0.3 is 5.91 Å². The monoisotopic (exact) mass is 433 g/mol. The second kappa shape index (κ2) is 9.27. The number of nitrogens with one attached hydrogen (secondary N) is 2. The Hall–Kier alpha value is -3.91. The molecule has 0 unspecified atom stereocenters. The zero-order valence-electron chi connectivity index (χ0n) is 16.6. The maximum atomic E-state index is 12.4. The molecular formula is C23H19N3O4S. The zero-order valence-corrected chi connectivity index (χ0v) is 17.4. The Balaban J connectivity index is 1.32. The van der Waals surface area contributed by atoms with Gasteiger partial charge in [0.2, 0.25) is 0 Å². The van der Waals surface area contributed by atoms with Gasteiger partial charge in [-0.3, -0.25) is 25.4 Å². The van der Waals surface area contributed by atoms with Crippen LogP contribution in [-0.2, 0) is 6.61 Å². The average molecular weight is 433 g/mol. The number of benzene rings is 1. The maximum Gasteiger partial charge on any atom is 0.305 e. The van der Waals surface area contributed by atoms with Crippen molar-refractivity contribution in [2.75, 3.05) is 0 Å². The Labute approximate surface area is 182 Å². The molecule has 8 heteroatoms. The number of para-hydroxylation sites is 1. The standard InChI is InChI=1S/C23H19N3O4S/c1-15-18(10-11-19(24-15)21-8-5-13-31-21)22(27)25-26-23(28)20-12-9-17(30-20)14-29-16-6-3-2-4-7-16/h2-13H,14H2,1H3,(H,25,27)(H,26,28). The lowest BCUT2D eigenvalue weighted by Crippen LogP contribution is -2.41. The Morgan fingerprint density at radius 2 is 1.77 bits per heavy atom. The van der Waals surface area contributed by atoms with Gasteiger partial charge in [-0.15, -0.1) is 11.3 Å². The highest BCUT2D eigenvalue weighted by Crippen LogP contribution is 2.23. The molecule has 0 aliphatic rings. The molecule has 0 bridgehead atoms. The van der Waals surface area contributed by atoms with Gasteiger partial charge in [0.15, 0.2) is 5.76 Å². The van der Waals surface area contributed by atoms with Crippen LogP contribution < -0.4 is 15.6 Å². The van der Waals surface area contributed by atoms with Crippen molar-refractivity contribution >= 4 is 23.2 Å². The lowest BCUT2D eigenvalue weighted by atomic mass is 10.1. The third-order valence-corrected chi connectivity index (χ3v) is 5.30. The predicted molar refractivity (Wildman–Crippen MR) is 117 cm³/mol. The molecule has 2 amide bonds. The largest absolute Gasteiger partial charge is 0.486 e. The summed E-state index contributed by atoms with van der Waals surface area (Å²) in [7, 11) is 0. The fourth-order valence-corrected chi connectivity index (χ4v) is 3.55. The van der Waals surface area contributed by atoms with E-state index in [4.69, 9.17) is 9.15 Å². The average Bonchev–Trinajstić information content (AvgIpc) is 3.49. The number of rotatable bonds is 6. The van der Waals surface area contributed by atoms with Gasteiger partial charge in [-0.1, -0.05) is 24.3 Å². The molecule has 3 heterocycles.